The number of hydrogen-bond donors (Lipinski definition) is 0. The van der Waals surface area contributed by atoms with Crippen molar-refractivity contribution in [3.8, 4) is 0 Å². The maximum Gasteiger partial charge on any atom is 0.314 e. The maximum absolute atomic E-state index is 11.5. The van der Waals surface area contributed by atoms with Gasteiger partial charge in [-0.1, -0.05) is 0 Å². The van der Waals surface area contributed by atoms with Gasteiger partial charge in [-0.15, -0.1) is 11.3 Å². The standard InChI is InChI=1S/C10H13NO3S/c1-10(2,3)14-9(13)4-7(12)8-5-11-6-15-8/h5-6H,4H2,1-3H3. The Morgan fingerprint density at radius 1 is 1.47 bits per heavy atom. The molecule has 0 fully saturated rings. The highest BCUT2D eigenvalue weighted by Crippen LogP contribution is 2.12. The van der Waals surface area contributed by atoms with Gasteiger partial charge in [-0.2, -0.15) is 0 Å². The van der Waals surface area contributed by atoms with Crippen LogP contribution in [-0.2, 0) is 9.53 Å². The van der Waals surface area contributed by atoms with Crippen LogP contribution in [0.15, 0.2) is 11.7 Å². The second kappa shape index (κ2) is 4.53. The molecule has 0 spiro atoms. The monoisotopic (exact) mass is 227 g/mol. The van der Waals surface area contributed by atoms with E-state index in [-0.39, 0.29) is 12.2 Å². The largest absolute Gasteiger partial charge is 0.460 e. The van der Waals surface area contributed by atoms with Crippen LogP contribution in [0.5, 0.6) is 0 Å². The fourth-order valence-corrected chi connectivity index (χ4v) is 1.51. The number of carbonyl (C=O) groups is 2. The van der Waals surface area contributed by atoms with Gasteiger partial charge in [0.25, 0.3) is 0 Å². The molecule has 0 aliphatic carbocycles. The SMILES string of the molecule is CC(C)(C)OC(=O)CC(=O)c1cncs1. The van der Waals surface area contributed by atoms with Gasteiger partial charge in [0.2, 0.25) is 0 Å². The first-order valence-electron chi connectivity index (χ1n) is 4.52. The number of carbonyl (C=O) groups excluding carboxylic acids is 2. The number of ether oxygens (including phenoxy) is 1. The second-order valence-electron chi connectivity index (χ2n) is 4.05. The molecule has 0 amide bonds. The molecule has 0 N–H and O–H groups in total. The van der Waals surface area contributed by atoms with Gasteiger partial charge in [-0.05, 0) is 20.8 Å². The van der Waals surface area contributed by atoms with E-state index in [0.29, 0.717) is 4.88 Å². The first-order chi connectivity index (χ1) is 6.88. The van der Waals surface area contributed by atoms with Crippen molar-refractivity contribution in [1.82, 2.24) is 4.98 Å². The first-order valence-corrected chi connectivity index (χ1v) is 5.40. The lowest BCUT2D eigenvalue weighted by atomic mass is 10.2. The van der Waals surface area contributed by atoms with Crippen molar-refractivity contribution < 1.29 is 14.3 Å². The number of thiazole rings is 1. The number of Topliss-reactive ketones (excluding diaryl/α,β-unsaturated/α-hetero) is 1. The van der Waals surface area contributed by atoms with Gasteiger partial charge in [0.05, 0.1) is 10.4 Å². The molecule has 0 bridgehead atoms. The van der Waals surface area contributed by atoms with Crippen molar-refractivity contribution in [1.29, 1.82) is 0 Å². The summed E-state index contributed by atoms with van der Waals surface area (Å²) < 4.78 is 5.03. The zero-order valence-electron chi connectivity index (χ0n) is 8.94. The fourth-order valence-electron chi connectivity index (χ4n) is 0.949. The van der Waals surface area contributed by atoms with Crippen molar-refractivity contribution in [2.75, 3.05) is 0 Å². The molecule has 1 aromatic heterocycles. The van der Waals surface area contributed by atoms with Gasteiger partial charge in [0, 0.05) is 6.20 Å². The van der Waals surface area contributed by atoms with Crippen LogP contribution < -0.4 is 0 Å². The lowest BCUT2D eigenvalue weighted by molar-refractivity contribution is -0.153. The normalized spacial score (nSPS) is 11.1. The molecule has 1 heterocycles. The highest BCUT2D eigenvalue weighted by molar-refractivity contribution is 7.11. The predicted octanol–water partition coefficient (Wildman–Crippen LogP) is 2.06. The summed E-state index contributed by atoms with van der Waals surface area (Å²) in [6.07, 6.45) is 1.23. The molecule has 0 saturated carbocycles. The average Bonchev–Trinajstić information content (AvgIpc) is 2.50. The molecule has 0 aliphatic rings. The van der Waals surface area contributed by atoms with Crippen LogP contribution in [0.3, 0.4) is 0 Å². The Kier molecular flexibility index (Phi) is 3.57. The molecule has 0 aromatic carbocycles. The van der Waals surface area contributed by atoms with Crippen LogP contribution >= 0.6 is 11.3 Å². The van der Waals surface area contributed by atoms with Crippen molar-refractivity contribution in [3.05, 3.63) is 16.6 Å². The van der Waals surface area contributed by atoms with E-state index >= 15 is 0 Å². The molecule has 0 saturated heterocycles. The summed E-state index contributed by atoms with van der Waals surface area (Å²) in [6.45, 7) is 5.30. The van der Waals surface area contributed by atoms with Gasteiger partial charge in [-0.25, -0.2) is 0 Å². The highest BCUT2D eigenvalue weighted by atomic mass is 32.1. The van der Waals surface area contributed by atoms with Crippen LogP contribution in [-0.4, -0.2) is 22.3 Å². The molecule has 1 aromatic rings. The molecule has 5 heteroatoms. The van der Waals surface area contributed by atoms with E-state index in [2.05, 4.69) is 4.98 Å². The highest BCUT2D eigenvalue weighted by Gasteiger charge is 2.20. The van der Waals surface area contributed by atoms with Crippen molar-refractivity contribution in [3.63, 3.8) is 0 Å². The smallest absolute Gasteiger partial charge is 0.314 e. The Labute approximate surface area is 92.3 Å². The van der Waals surface area contributed by atoms with E-state index in [1.54, 1.807) is 26.3 Å². The quantitative estimate of drug-likeness (QED) is 0.450. The van der Waals surface area contributed by atoms with Gasteiger partial charge in [0.1, 0.15) is 12.0 Å². The Hall–Kier alpha value is -1.23. The molecule has 0 aliphatic heterocycles. The maximum atomic E-state index is 11.5. The summed E-state index contributed by atoms with van der Waals surface area (Å²) in [5.74, 6) is -0.743. The number of nitrogens with zero attached hydrogens (tertiary/aromatic N) is 1. The summed E-state index contributed by atoms with van der Waals surface area (Å²) >= 11 is 1.22. The molecule has 15 heavy (non-hydrogen) atoms. The third kappa shape index (κ3) is 4.20. The fraction of sp³-hybridized carbons (Fsp3) is 0.500. The molecular formula is C10H13NO3S. The molecule has 0 radical (unpaired) electrons. The molecule has 0 unspecified atom stereocenters. The third-order valence-electron chi connectivity index (χ3n) is 1.43. The van der Waals surface area contributed by atoms with E-state index in [1.807, 2.05) is 0 Å². The minimum Gasteiger partial charge on any atom is -0.460 e. The van der Waals surface area contributed by atoms with Gasteiger partial charge in [0.15, 0.2) is 5.78 Å². The average molecular weight is 227 g/mol. The van der Waals surface area contributed by atoms with E-state index in [0.717, 1.165) is 0 Å². The summed E-state index contributed by atoms with van der Waals surface area (Å²) in [5, 5.41) is 0. The van der Waals surface area contributed by atoms with Crippen LogP contribution in [0.2, 0.25) is 0 Å². The molecular weight excluding hydrogens is 214 g/mol. The van der Waals surface area contributed by atoms with Gasteiger partial charge < -0.3 is 4.74 Å². The lowest BCUT2D eigenvalue weighted by Gasteiger charge is -2.18. The topological polar surface area (TPSA) is 56.3 Å². The molecule has 82 valence electrons. The van der Waals surface area contributed by atoms with Crippen LogP contribution in [0.4, 0.5) is 0 Å². The van der Waals surface area contributed by atoms with Gasteiger partial charge >= 0.3 is 5.97 Å². The van der Waals surface area contributed by atoms with Crippen LogP contribution in [0.25, 0.3) is 0 Å². The number of hydrogen-bond acceptors (Lipinski definition) is 5. The van der Waals surface area contributed by atoms with E-state index < -0.39 is 11.6 Å². The minimum absolute atomic E-state index is 0.223. The second-order valence-corrected chi connectivity index (χ2v) is 4.94. The van der Waals surface area contributed by atoms with E-state index in [9.17, 15) is 9.59 Å². The van der Waals surface area contributed by atoms with Crippen LogP contribution in [0.1, 0.15) is 36.9 Å². The van der Waals surface area contributed by atoms with Gasteiger partial charge in [-0.3, -0.25) is 14.6 Å². The van der Waals surface area contributed by atoms with E-state index in [1.165, 1.54) is 17.5 Å². The van der Waals surface area contributed by atoms with Crippen molar-refractivity contribution in [2.45, 2.75) is 32.8 Å². The summed E-state index contributed by atoms with van der Waals surface area (Å²) in [5.41, 5.74) is 1.01. The van der Waals surface area contributed by atoms with E-state index in [4.69, 9.17) is 4.74 Å². The Morgan fingerprint density at radius 2 is 2.13 bits per heavy atom. The summed E-state index contributed by atoms with van der Waals surface area (Å²) in [7, 11) is 0. The van der Waals surface area contributed by atoms with Crippen LogP contribution in [0, 0.1) is 0 Å². The molecule has 1 rings (SSSR count). The number of aromatic nitrogens is 1. The first kappa shape index (κ1) is 11.8. The molecule has 4 nitrogen and oxygen atoms in total. The Balaban J connectivity index is 2.50. The lowest BCUT2D eigenvalue weighted by Crippen LogP contribution is -2.25. The predicted molar refractivity (Wildman–Crippen MR) is 56.9 cm³/mol. The summed E-state index contributed by atoms with van der Waals surface area (Å²) in [6, 6.07) is 0. The zero-order chi connectivity index (χ0) is 11.5. The number of ketones is 1. The number of esters is 1. The third-order valence-corrected chi connectivity index (χ3v) is 2.25. The Morgan fingerprint density at radius 3 is 2.60 bits per heavy atom. The minimum atomic E-state index is -0.551. The Bertz CT molecular complexity index is 351. The van der Waals surface area contributed by atoms with Crippen molar-refractivity contribution >= 4 is 23.1 Å². The summed E-state index contributed by atoms with van der Waals surface area (Å²) in [4.78, 5) is 27.0. The number of rotatable bonds is 3. The zero-order valence-corrected chi connectivity index (χ0v) is 9.76. The molecule has 0 atom stereocenters. The van der Waals surface area contributed by atoms with Crippen molar-refractivity contribution in [2.24, 2.45) is 0 Å².